The molecule has 2 heteroatoms. The van der Waals surface area contributed by atoms with Gasteiger partial charge in [-0.15, -0.1) is 0 Å². The molecule has 0 aliphatic rings. The Morgan fingerprint density at radius 1 is 1.00 bits per heavy atom. The minimum Gasteiger partial charge on any atom is -0.354 e. The summed E-state index contributed by atoms with van der Waals surface area (Å²) in [6.45, 7) is 2.17. The van der Waals surface area contributed by atoms with Gasteiger partial charge >= 0.3 is 0 Å². The number of aromatic nitrogens is 2. The van der Waals surface area contributed by atoms with E-state index in [1.807, 2.05) is 12.4 Å². The summed E-state index contributed by atoms with van der Waals surface area (Å²) in [7, 11) is 0. The highest BCUT2D eigenvalue weighted by atomic mass is 14.7. The van der Waals surface area contributed by atoms with E-state index in [-0.39, 0.29) is 0 Å². The predicted molar refractivity (Wildman–Crippen MR) is 75.8 cm³/mol. The van der Waals surface area contributed by atoms with Gasteiger partial charge in [0.15, 0.2) is 0 Å². The number of fused-ring (bicyclic) bond motifs is 4. The molecule has 18 heavy (non-hydrogen) atoms. The summed E-state index contributed by atoms with van der Waals surface area (Å²) in [5.74, 6) is 0. The first kappa shape index (κ1) is 9.66. The number of para-hydroxylation sites is 1. The van der Waals surface area contributed by atoms with Gasteiger partial charge in [0.1, 0.15) is 0 Å². The monoisotopic (exact) mass is 232 g/mol. The van der Waals surface area contributed by atoms with Crippen LogP contribution in [0.25, 0.3) is 32.6 Å². The maximum Gasteiger partial charge on any atom is 0.0474 e. The number of hydrogen-bond acceptors (Lipinski definition) is 1. The van der Waals surface area contributed by atoms with Crippen LogP contribution >= 0.6 is 0 Å². The number of aromatic amines is 1. The third-order valence-electron chi connectivity index (χ3n) is 3.67. The van der Waals surface area contributed by atoms with Crippen LogP contribution in [-0.2, 0) is 0 Å². The minimum atomic E-state index is 1.19. The van der Waals surface area contributed by atoms with Crippen LogP contribution in [0.3, 0.4) is 0 Å². The second-order valence-corrected chi connectivity index (χ2v) is 4.69. The van der Waals surface area contributed by atoms with Crippen LogP contribution in [0.4, 0.5) is 0 Å². The van der Waals surface area contributed by atoms with Crippen molar-refractivity contribution in [1.82, 2.24) is 9.97 Å². The average Bonchev–Trinajstić information content (AvgIpc) is 2.77. The first-order chi connectivity index (χ1) is 8.84. The molecule has 0 amide bonds. The van der Waals surface area contributed by atoms with Crippen LogP contribution < -0.4 is 0 Å². The maximum absolute atomic E-state index is 4.23. The molecule has 0 saturated carbocycles. The lowest BCUT2D eigenvalue weighted by Gasteiger charge is -2.03. The Hall–Kier alpha value is -2.35. The first-order valence-electron chi connectivity index (χ1n) is 6.08. The summed E-state index contributed by atoms with van der Waals surface area (Å²) in [5, 5.41) is 5.07. The summed E-state index contributed by atoms with van der Waals surface area (Å²) in [5.41, 5.74) is 3.69. The van der Waals surface area contributed by atoms with E-state index in [1.54, 1.807) is 0 Å². The topological polar surface area (TPSA) is 28.7 Å². The third-order valence-corrected chi connectivity index (χ3v) is 3.67. The molecule has 0 spiro atoms. The van der Waals surface area contributed by atoms with E-state index in [2.05, 4.69) is 53.3 Å². The van der Waals surface area contributed by atoms with E-state index in [4.69, 9.17) is 0 Å². The Balaban J connectivity index is 2.34. The lowest BCUT2D eigenvalue weighted by atomic mass is 10.0. The lowest BCUT2D eigenvalue weighted by molar-refractivity contribution is 1.36. The van der Waals surface area contributed by atoms with Gasteiger partial charge in [0.25, 0.3) is 0 Å². The fraction of sp³-hybridized carbons (Fsp3) is 0.0625. The van der Waals surface area contributed by atoms with Crippen LogP contribution in [0.15, 0.2) is 48.8 Å². The van der Waals surface area contributed by atoms with Gasteiger partial charge in [0.2, 0.25) is 0 Å². The molecule has 86 valence electrons. The summed E-state index contributed by atoms with van der Waals surface area (Å²) in [6.07, 6.45) is 3.79. The van der Waals surface area contributed by atoms with Gasteiger partial charge < -0.3 is 4.98 Å². The molecule has 0 aliphatic carbocycles. The van der Waals surface area contributed by atoms with Gasteiger partial charge in [-0.1, -0.05) is 18.2 Å². The number of nitrogens with one attached hydrogen (secondary N) is 1. The normalized spacial score (nSPS) is 11.6. The van der Waals surface area contributed by atoms with E-state index < -0.39 is 0 Å². The average molecular weight is 232 g/mol. The zero-order valence-electron chi connectivity index (χ0n) is 10.1. The van der Waals surface area contributed by atoms with Gasteiger partial charge in [-0.05, 0) is 36.1 Å². The summed E-state index contributed by atoms with van der Waals surface area (Å²) in [4.78, 5) is 7.73. The number of aryl methyl sites for hydroxylation is 1. The Labute approximate surface area is 104 Å². The van der Waals surface area contributed by atoms with Crippen molar-refractivity contribution in [2.45, 2.75) is 6.92 Å². The fourth-order valence-electron chi connectivity index (χ4n) is 2.81. The zero-order valence-corrected chi connectivity index (χ0v) is 10.1. The molecule has 0 unspecified atom stereocenters. The van der Waals surface area contributed by atoms with Crippen molar-refractivity contribution in [3.63, 3.8) is 0 Å². The molecule has 0 saturated heterocycles. The van der Waals surface area contributed by atoms with Crippen LogP contribution in [0.2, 0.25) is 0 Å². The summed E-state index contributed by atoms with van der Waals surface area (Å²) >= 11 is 0. The predicted octanol–water partition coefficient (Wildman–Crippen LogP) is 4.18. The largest absolute Gasteiger partial charge is 0.354 e. The second-order valence-electron chi connectivity index (χ2n) is 4.69. The van der Waals surface area contributed by atoms with Crippen molar-refractivity contribution in [2.24, 2.45) is 0 Å². The molecule has 0 atom stereocenters. The summed E-state index contributed by atoms with van der Waals surface area (Å²) in [6, 6.07) is 12.7. The minimum absolute atomic E-state index is 1.19. The highest BCUT2D eigenvalue weighted by molar-refractivity contribution is 6.14. The Morgan fingerprint density at radius 2 is 1.89 bits per heavy atom. The van der Waals surface area contributed by atoms with Crippen LogP contribution in [-0.4, -0.2) is 9.97 Å². The third kappa shape index (κ3) is 1.15. The Kier molecular flexibility index (Phi) is 1.78. The van der Waals surface area contributed by atoms with Crippen LogP contribution in [0.5, 0.6) is 0 Å². The zero-order chi connectivity index (χ0) is 12.1. The molecule has 4 rings (SSSR count). The molecule has 2 aromatic heterocycles. The van der Waals surface area contributed by atoms with Crippen LogP contribution in [0.1, 0.15) is 5.56 Å². The van der Waals surface area contributed by atoms with E-state index >= 15 is 0 Å². The standard InChI is InChI=1S/C16H12N2/c1-10-13-9-17-7-6-11(13)8-15-16(10)12-4-2-3-5-14(12)18-15/h2-9,18H,1H3. The Bertz CT molecular complexity index is 887. The van der Waals surface area contributed by atoms with Crippen molar-refractivity contribution in [3.8, 4) is 0 Å². The van der Waals surface area contributed by atoms with Gasteiger partial charge in [-0.3, -0.25) is 4.98 Å². The molecule has 0 fully saturated rings. The van der Waals surface area contributed by atoms with Crippen LogP contribution in [0, 0.1) is 6.92 Å². The molecule has 1 N–H and O–H groups in total. The highest BCUT2D eigenvalue weighted by Gasteiger charge is 2.09. The molecule has 0 aliphatic heterocycles. The molecular formula is C16H12N2. The molecular weight excluding hydrogens is 220 g/mol. The quantitative estimate of drug-likeness (QED) is 0.484. The van der Waals surface area contributed by atoms with Gasteiger partial charge in [-0.2, -0.15) is 0 Å². The molecule has 2 nitrogen and oxygen atoms in total. The van der Waals surface area contributed by atoms with E-state index in [1.165, 1.54) is 38.1 Å². The number of rotatable bonds is 0. The maximum atomic E-state index is 4.23. The van der Waals surface area contributed by atoms with E-state index in [9.17, 15) is 0 Å². The van der Waals surface area contributed by atoms with Crippen molar-refractivity contribution >= 4 is 32.6 Å². The van der Waals surface area contributed by atoms with Crippen molar-refractivity contribution in [1.29, 1.82) is 0 Å². The molecule has 2 heterocycles. The highest BCUT2D eigenvalue weighted by Crippen LogP contribution is 2.32. The van der Waals surface area contributed by atoms with E-state index in [0.717, 1.165) is 0 Å². The van der Waals surface area contributed by atoms with Gasteiger partial charge in [0.05, 0.1) is 0 Å². The number of hydrogen-bond donors (Lipinski definition) is 1. The van der Waals surface area contributed by atoms with Gasteiger partial charge in [-0.25, -0.2) is 0 Å². The lowest BCUT2D eigenvalue weighted by Crippen LogP contribution is -1.82. The number of benzene rings is 2. The summed E-state index contributed by atoms with van der Waals surface area (Å²) < 4.78 is 0. The van der Waals surface area contributed by atoms with E-state index in [0.29, 0.717) is 0 Å². The number of H-pyrrole nitrogens is 1. The van der Waals surface area contributed by atoms with Crippen molar-refractivity contribution < 1.29 is 0 Å². The molecule has 0 radical (unpaired) electrons. The number of pyridine rings is 1. The molecule has 4 aromatic rings. The van der Waals surface area contributed by atoms with Crippen molar-refractivity contribution in [3.05, 3.63) is 54.4 Å². The smallest absolute Gasteiger partial charge is 0.0474 e. The fourth-order valence-corrected chi connectivity index (χ4v) is 2.81. The first-order valence-corrected chi connectivity index (χ1v) is 6.08. The van der Waals surface area contributed by atoms with Crippen molar-refractivity contribution in [2.75, 3.05) is 0 Å². The SMILES string of the molecule is Cc1c2cnccc2cc2[nH]c3ccccc3c12. The molecule has 0 bridgehead atoms. The van der Waals surface area contributed by atoms with Gasteiger partial charge in [0, 0.05) is 39.6 Å². The Morgan fingerprint density at radius 3 is 2.83 bits per heavy atom. The number of nitrogens with zero attached hydrogens (tertiary/aromatic N) is 1. The second kappa shape index (κ2) is 3.33. The molecule has 2 aromatic carbocycles.